The van der Waals surface area contributed by atoms with E-state index in [0.717, 1.165) is 24.5 Å². The molecule has 0 N–H and O–H groups in total. The highest BCUT2D eigenvalue weighted by molar-refractivity contribution is 9.09. The van der Waals surface area contributed by atoms with Crippen molar-refractivity contribution in [1.82, 2.24) is 4.90 Å². The Bertz CT molecular complexity index is 681. The van der Waals surface area contributed by atoms with Gasteiger partial charge in [0, 0.05) is 44.0 Å². The van der Waals surface area contributed by atoms with Gasteiger partial charge in [0.05, 0.1) is 11.4 Å². The number of hydrogen-bond donors (Lipinski definition) is 0. The first-order valence-corrected chi connectivity index (χ1v) is 9.92. The molecule has 1 unspecified atom stereocenters. The minimum atomic E-state index is -0.483. The second-order valence-corrected chi connectivity index (χ2v) is 9.04. The zero-order valence-electron chi connectivity index (χ0n) is 15.6. The average molecular weight is 424 g/mol. The van der Waals surface area contributed by atoms with Crippen LogP contribution in [0.4, 0.5) is 16.2 Å². The molecule has 1 aromatic carbocycles. The van der Waals surface area contributed by atoms with Crippen LogP contribution >= 0.6 is 15.9 Å². The van der Waals surface area contributed by atoms with Crippen LogP contribution in [-0.4, -0.2) is 60.1 Å². The fourth-order valence-corrected chi connectivity index (χ4v) is 3.88. The number of ether oxygens (including phenoxy) is 1. The molecule has 2 aliphatic rings. The van der Waals surface area contributed by atoms with Crippen molar-refractivity contribution >= 4 is 39.3 Å². The standard InChI is InChI=1S/C19H26BrN3O3/c1-19(2,3)26-18(25)22-10-8-21(9-11-22)15-6-4-5-7-16(15)23-13-14(20)12-17(23)24/h4-7,14H,8-13H2,1-3H3. The Morgan fingerprint density at radius 2 is 1.73 bits per heavy atom. The Hall–Kier alpha value is -1.76. The number of nitrogens with zero attached hydrogens (tertiary/aromatic N) is 3. The molecule has 2 amide bonds. The average Bonchev–Trinajstić information content (AvgIpc) is 2.92. The van der Waals surface area contributed by atoms with E-state index in [2.05, 4.69) is 20.8 Å². The van der Waals surface area contributed by atoms with Gasteiger partial charge in [-0.25, -0.2) is 4.79 Å². The molecular weight excluding hydrogens is 398 g/mol. The van der Waals surface area contributed by atoms with Crippen LogP contribution in [0.3, 0.4) is 0 Å². The third-order valence-corrected chi connectivity index (χ3v) is 5.14. The molecule has 2 heterocycles. The summed E-state index contributed by atoms with van der Waals surface area (Å²) in [6.07, 6.45) is 0.267. The van der Waals surface area contributed by atoms with E-state index in [4.69, 9.17) is 4.74 Å². The zero-order valence-corrected chi connectivity index (χ0v) is 17.2. The Balaban J connectivity index is 1.69. The van der Waals surface area contributed by atoms with Crippen LogP contribution in [0, 0.1) is 0 Å². The van der Waals surface area contributed by atoms with Crippen molar-refractivity contribution in [1.29, 1.82) is 0 Å². The quantitative estimate of drug-likeness (QED) is 0.685. The molecule has 1 atom stereocenters. The normalized spacial score (nSPS) is 21.3. The number of para-hydroxylation sites is 2. The summed E-state index contributed by atoms with van der Waals surface area (Å²) in [7, 11) is 0. The van der Waals surface area contributed by atoms with Crippen LogP contribution in [0.2, 0.25) is 0 Å². The molecule has 2 fully saturated rings. The monoisotopic (exact) mass is 423 g/mol. The SMILES string of the molecule is CC(C)(C)OC(=O)N1CCN(c2ccccc2N2CC(Br)CC2=O)CC1. The number of carbonyl (C=O) groups is 2. The van der Waals surface area contributed by atoms with E-state index in [9.17, 15) is 9.59 Å². The van der Waals surface area contributed by atoms with Gasteiger partial charge in [-0.15, -0.1) is 0 Å². The third kappa shape index (κ3) is 4.31. The number of rotatable bonds is 2. The van der Waals surface area contributed by atoms with Gasteiger partial charge in [-0.3, -0.25) is 4.79 Å². The molecule has 2 aliphatic heterocycles. The number of carbonyl (C=O) groups excluding carboxylic acids is 2. The van der Waals surface area contributed by atoms with Crippen LogP contribution in [0.1, 0.15) is 27.2 Å². The first kappa shape index (κ1) is 19.0. The molecule has 0 spiro atoms. The lowest BCUT2D eigenvalue weighted by atomic mass is 10.2. The number of piperazine rings is 1. The Labute approximate surface area is 163 Å². The van der Waals surface area contributed by atoms with Crippen molar-refractivity contribution in [3.05, 3.63) is 24.3 Å². The van der Waals surface area contributed by atoms with Crippen LogP contribution in [0.25, 0.3) is 0 Å². The molecule has 3 rings (SSSR count). The molecule has 0 aliphatic carbocycles. The van der Waals surface area contributed by atoms with Gasteiger partial charge >= 0.3 is 6.09 Å². The van der Waals surface area contributed by atoms with E-state index in [1.165, 1.54) is 0 Å². The highest BCUT2D eigenvalue weighted by Gasteiger charge is 2.32. The summed E-state index contributed by atoms with van der Waals surface area (Å²) in [4.78, 5) is 30.6. The highest BCUT2D eigenvalue weighted by Crippen LogP contribution is 2.34. The van der Waals surface area contributed by atoms with E-state index in [1.807, 2.05) is 49.9 Å². The first-order chi connectivity index (χ1) is 12.2. The minimum absolute atomic E-state index is 0.145. The molecule has 0 bridgehead atoms. The number of alkyl halides is 1. The molecule has 6 nitrogen and oxygen atoms in total. The van der Waals surface area contributed by atoms with Crippen LogP contribution < -0.4 is 9.80 Å². The van der Waals surface area contributed by atoms with Gasteiger partial charge in [0.25, 0.3) is 0 Å². The largest absolute Gasteiger partial charge is 0.444 e. The maximum atomic E-state index is 12.3. The van der Waals surface area contributed by atoms with Crippen molar-refractivity contribution in [2.45, 2.75) is 37.6 Å². The van der Waals surface area contributed by atoms with E-state index in [0.29, 0.717) is 26.1 Å². The van der Waals surface area contributed by atoms with Crippen molar-refractivity contribution in [3.8, 4) is 0 Å². The third-order valence-electron chi connectivity index (χ3n) is 4.52. The summed E-state index contributed by atoms with van der Waals surface area (Å²) in [5.74, 6) is 0.145. The number of anilines is 2. The number of benzene rings is 1. The van der Waals surface area contributed by atoms with Gasteiger partial charge in [-0.2, -0.15) is 0 Å². The van der Waals surface area contributed by atoms with Crippen molar-refractivity contribution in [2.24, 2.45) is 0 Å². The van der Waals surface area contributed by atoms with Gasteiger partial charge in [0.2, 0.25) is 5.91 Å². The number of amides is 2. The number of hydrogen-bond acceptors (Lipinski definition) is 4. The maximum absolute atomic E-state index is 12.3. The van der Waals surface area contributed by atoms with Crippen molar-refractivity contribution in [3.63, 3.8) is 0 Å². The number of halogens is 1. The lowest BCUT2D eigenvalue weighted by molar-refractivity contribution is -0.117. The molecule has 142 valence electrons. The summed E-state index contributed by atoms with van der Waals surface area (Å²) in [6, 6.07) is 8.00. The molecule has 7 heteroatoms. The van der Waals surface area contributed by atoms with Gasteiger partial charge in [0.1, 0.15) is 5.60 Å². The van der Waals surface area contributed by atoms with E-state index < -0.39 is 5.60 Å². The van der Waals surface area contributed by atoms with Gasteiger partial charge < -0.3 is 19.4 Å². The topological polar surface area (TPSA) is 53.1 Å². The predicted octanol–water partition coefficient (Wildman–Crippen LogP) is 3.24. The van der Waals surface area contributed by atoms with Gasteiger partial charge in [0.15, 0.2) is 0 Å². The van der Waals surface area contributed by atoms with Crippen LogP contribution in [0.5, 0.6) is 0 Å². The van der Waals surface area contributed by atoms with Crippen molar-refractivity contribution in [2.75, 3.05) is 42.5 Å². The summed E-state index contributed by atoms with van der Waals surface area (Å²) in [6.45, 7) is 8.97. The minimum Gasteiger partial charge on any atom is -0.444 e. The molecule has 1 aromatic rings. The van der Waals surface area contributed by atoms with Gasteiger partial charge in [-0.1, -0.05) is 28.1 Å². The zero-order chi connectivity index (χ0) is 18.9. The lowest BCUT2D eigenvalue weighted by Crippen LogP contribution is -2.50. The first-order valence-electron chi connectivity index (χ1n) is 9.01. The van der Waals surface area contributed by atoms with Crippen LogP contribution in [-0.2, 0) is 9.53 Å². The second-order valence-electron chi connectivity index (χ2n) is 7.75. The van der Waals surface area contributed by atoms with E-state index in [-0.39, 0.29) is 16.8 Å². The molecule has 0 saturated carbocycles. The predicted molar refractivity (Wildman–Crippen MR) is 106 cm³/mol. The second kappa shape index (κ2) is 7.47. The van der Waals surface area contributed by atoms with E-state index in [1.54, 1.807) is 4.90 Å². The molecule has 2 saturated heterocycles. The Morgan fingerprint density at radius 3 is 2.27 bits per heavy atom. The van der Waals surface area contributed by atoms with E-state index >= 15 is 0 Å². The summed E-state index contributed by atoms with van der Waals surface area (Å²) < 4.78 is 5.46. The fourth-order valence-electron chi connectivity index (χ4n) is 3.31. The van der Waals surface area contributed by atoms with Gasteiger partial charge in [-0.05, 0) is 32.9 Å². The lowest BCUT2D eigenvalue weighted by Gasteiger charge is -2.38. The molecule has 0 aromatic heterocycles. The molecular formula is C19H26BrN3O3. The Morgan fingerprint density at radius 1 is 1.12 bits per heavy atom. The maximum Gasteiger partial charge on any atom is 0.410 e. The summed E-state index contributed by atoms with van der Waals surface area (Å²) in [5, 5.41) is 0. The summed E-state index contributed by atoms with van der Waals surface area (Å²) in [5.41, 5.74) is 1.51. The van der Waals surface area contributed by atoms with Crippen molar-refractivity contribution < 1.29 is 14.3 Å². The molecule has 0 radical (unpaired) electrons. The molecule has 26 heavy (non-hydrogen) atoms. The fraction of sp³-hybridized carbons (Fsp3) is 0.579. The smallest absolute Gasteiger partial charge is 0.410 e. The summed E-state index contributed by atoms with van der Waals surface area (Å²) >= 11 is 3.55. The van der Waals surface area contributed by atoms with Crippen LogP contribution in [0.15, 0.2) is 24.3 Å². The highest BCUT2D eigenvalue weighted by atomic mass is 79.9. The Kier molecular flexibility index (Phi) is 5.46.